The fraction of sp³-hybridized carbons (Fsp3) is 0.400. The van der Waals surface area contributed by atoms with Gasteiger partial charge in [-0.2, -0.15) is 0 Å². The van der Waals surface area contributed by atoms with Crippen LogP contribution < -0.4 is 4.74 Å². The van der Waals surface area contributed by atoms with Crippen LogP contribution in [0.4, 0.5) is 4.39 Å². The standard InChI is InChI=1S/C20H23FO.ClH/c1-22-20-14-18(21)11-12-19(20)17-8-4-7-16(13-17)10-9-15-5-2-3-6-15;/h4,7-8,11-15H,2-3,5-6,9-10H2,1H3;1H. The molecule has 2 aromatic carbocycles. The number of benzene rings is 2. The highest BCUT2D eigenvalue weighted by Crippen LogP contribution is 2.32. The number of aryl methyl sites for hydroxylation is 1. The SMILES string of the molecule is COc1cc(F)ccc1-c1cccc(CCC2CCCC2)c1.Cl. The quantitative estimate of drug-likeness (QED) is 0.647. The molecule has 3 heteroatoms. The largest absolute Gasteiger partial charge is 0.496 e. The summed E-state index contributed by atoms with van der Waals surface area (Å²) in [4.78, 5) is 0. The minimum Gasteiger partial charge on any atom is -0.496 e. The summed E-state index contributed by atoms with van der Waals surface area (Å²) in [6, 6.07) is 13.3. The van der Waals surface area contributed by atoms with E-state index in [1.165, 1.54) is 49.8 Å². The average molecular weight is 335 g/mol. The lowest BCUT2D eigenvalue weighted by Gasteiger charge is -2.12. The molecule has 0 aliphatic heterocycles. The highest BCUT2D eigenvalue weighted by atomic mass is 35.5. The highest BCUT2D eigenvalue weighted by Gasteiger charge is 2.15. The first-order valence-electron chi connectivity index (χ1n) is 8.19. The Morgan fingerprint density at radius 3 is 2.61 bits per heavy atom. The first kappa shape index (κ1) is 17.8. The fourth-order valence-electron chi connectivity index (χ4n) is 3.47. The van der Waals surface area contributed by atoms with Gasteiger partial charge in [-0.1, -0.05) is 49.9 Å². The van der Waals surface area contributed by atoms with Crippen molar-refractivity contribution in [3.8, 4) is 16.9 Å². The molecule has 0 heterocycles. The number of hydrogen-bond acceptors (Lipinski definition) is 1. The van der Waals surface area contributed by atoms with Gasteiger partial charge < -0.3 is 4.74 Å². The Hall–Kier alpha value is -1.54. The van der Waals surface area contributed by atoms with Gasteiger partial charge in [0, 0.05) is 11.6 Å². The third-order valence-electron chi connectivity index (χ3n) is 4.72. The molecule has 0 spiro atoms. The topological polar surface area (TPSA) is 9.23 Å². The molecule has 1 aliphatic carbocycles. The molecule has 2 aromatic rings. The van der Waals surface area contributed by atoms with Crippen molar-refractivity contribution in [1.82, 2.24) is 0 Å². The summed E-state index contributed by atoms with van der Waals surface area (Å²) in [5, 5.41) is 0. The van der Waals surface area contributed by atoms with E-state index in [1.807, 2.05) is 0 Å². The smallest absolute Gasteiger partial charge is 0.129 e. The van der Waals surface area contributed by atoms with Crippen molar-refractivity contribution in [2.24, 2.45) is 5.92 Å². The monoisotopic (exact) mass is 334 g/mol. The number of ether oxygens (including phenoxy) is 1. The zero-order chi connectivity index (χ0) is 15.4. The van der Waals surface area contributed by atoms with Crippen LogP contribution in [0.1, 0.15) is 37.7 Å². The lowest BCUT2D eigenvalue weighted by atomic mass is 9.95. The zero-order valence-electron chi connectivity index (χ0n) is 13.6. The fourth-order valence-corrected chi connectivity index (χ4v) is 3.47. The number of methoxy groups -OCH3 is 1. The maximum Gasteiger partial charge on any atom is 0.129 e. The van der Waals surface area contributed by atoms with E-state index in [1.54, 1.807) is 13.2 Å². The van der Waals surface area contributed by atoms with E-state index in [0.29, 0.717) is 5.75 Å². The van der Waals surface area contributed by atoms with Gasteiger partial charge in [0.25, 0.3) is 0 Å². The molecular formula is C20H24ClFO. The second kappa shape index (κ2) is 8.35. The Morgan fingerprint density at radius 1 is 1.09 bits per heavy atom. The van der Waals surface area contributed by atoms with Crippen LogP contribution in [0.2, 0.25) is 0 Å². The van der Waals surface area contributed by atoms with E-state index in [0.717, 1.165) is 23.5 Å². The second-order valence-electron chi connectivity index (χ2n) is 6.23. The van der Waals surface area contributed by atoms with Crippen LogP contribution in [-0.2, 0) is 6.42 Å². The molecule has 0 unspecified atom stereocenters. The molecule has 0 radical (unpaired) electrons. The van der Waals surface area contributed by atoms with Crippen LogP contribution in [0.3, 0.4) is 0 Å². The predicted octanol–water partition coefficient (Wildman–Crippen LogP) is 6.05. The maximum absolute atomic E-state index is 13.3. The highest BCUT2D eigenvalue weighted by molar-refractivity contribution is 5.85. The molecule has 1 nitrogen and oxygen atoms in total. The lowest BCUT2D eigenvalue weighted by molar-refractivity contribution is 0.413. The average Bonchev–Trinajstić information content (AvgIpc) is 3.06. The van der Waals surface area contributed by atoms with Gasteiger partial charge in [0.1, 0.15) is 11.6 Å². The van der Waals surface area contributed by atoms with Crippen molar-refractivity contribution in [1.29, 1.82) is 0 Å². The second-order valence-corrected chi connectivity index (χ2v) is 6.23. The van der Waals surface area contributed by atoms with Crippen LogP contribution in [0.15, 0.2) is 42.5 Å². The molecule has 124 valence electrons. The van der Waals surface area contributed by atoms with E-state index in [-0.39, 0.29) is 18.2 Å². The van der Waals surface area contributed by atoms with Crippen LogP contribution in [0, 0.1) is 11.7 Å². The molecule has 3 rings (SSSR count). The minimum atomic E-state index is -0.266. The van der Waals surface area contributed by atoms with Crippen molar-refractivity contribution < 1.29 is 9.13 Å². The minimum absolute atomic E-state index is 0. The Balaban J connectivity index is 0.00000192. The Morgan fingerprint density at radius 2 is 1.87 bits per heavy atom. The van der Waals surface area contributed by atoms with E-state index in [9.17, 15) is 4.39 Å². The molecule has 23 heavy (non-hydrogen) atoms. The third kappa shape index (κ3) is 4.48. The van der Waals surface area contributed by atoms with Gasteiger partial charge in [0.05, 0.1) is 7.11 Å². The lowest BCUT2D eigenvalue weighted by Crippen LogP contribution is -1.96. The molecule has 1 fully saturated rings. The van der Waals surface area contributed by atoms with Crippen molar-refractivity contribution in [2.45, 2.75) is 38.5 Å². The summed E-state index contributed by atoms with van der Waals surface area (Å²) in [5.41, 5.74) is 3.41. The summed E-state index contributed by atoms with van der Waals surface area (Å²) in [6.07, 6.45) is 8.00. The van der Waals surface area contributed by atoms with Crippen molar-refractivity contribution in [2.75, 3.05) is 7.11 Å². The molecule has 0 saturated heterocycles. The summed E-state index contributed by atoms with van der Waals surface area (Å²) in [7, 11) is 1.59. The summed E-state index contributed by atoms with van der Waals surface area (Å²) in [6.45, 7) is 0. The Labute approximate surface area is 144 Å². The Bertz CT molecular complexity index is 635. The molecule has 0 aromatic heterocycles. The van der Waals surface area contributed by atoms with Gasteiger partial charge in [0.15, 0.2) is 0 Å². The Kier molecular flexibility index (Phi) is 6.47. The van der Waals surface area contributed by atoms with Crippen molar-refractivity contribution >= 4 is 12.4 Å². The number of rotatable bonds is 5. The summed E-state index contributed by atoms with van der Waals surface area (Å²) in [5.74, 6) is 1.23. The normalized spacial score (nSPS) is 14.5. The summed E-state index contributed by atoms with van der Waals surface area (Å²) >= 11 is 0. The molecule has 1 saturated carbocycles. The zero-order valence-corrected chi connectivity index (χ0v) is 14.4. The van der Waals surface area contributed by atoms with Crippen LogP contribution in [0.25, 0.3) is 11.1 Å². The van der Waals surface area contributed by atoms with E-state index in [2.05, 4.69) is 24.3 Å². The first-order valence-corrected chi connectivity index (χ1v) is 8.19. The van der Waals surface area contributed by atoms with Crippen molar-refractivity contribution in [3.05, 3.63) is 53.8 Å². The van der Waals surface area contributed by atoms with E-state index >= 15 is 0 Å². The number of halogens is 2. The molecular weight excluding hydrogens is 311 g/mol. The molecule has 0 bridgehead atoms. The third-order valence-corrected chi connectivity index (χ3v) is 4.72. The molecule has 0 atom stereocenters. The van der Waals surface area contributed by atoms with Gasteiger partial charge in [-0.25, -0.2) is 4.39 Å². The van der Waals surface area contributed by atoms with Gasteiger partial charge >= 0.3 is 0 Å². The predicted molar refractivity (Wildman–Crippen MR) is 95.9 cm³/mol. The first-order chi connectivity index (χ1) is 10.8. The maximum atomic E-state index is 13.3. The van der Waals surface area contributed by atoms with Crippen molar-refractivity contribution in [3.63, 3.8) is 0 Å². The van der Waals surface area contributed by atoms with Crippen LogP contribution in [0.5, 0.6) is 5.75 Å². The van der Waals surface area contributed by atoms with Gasteiger partial charge in [0.2, 0.25) is 0 Å². The summed E-state index contributed by atoms with van der Waals surface area (Å²) < 4.78 is 18.7. The molecule has 0 amide bonds. The van der Waals surface area contributed by atoms with Gasteiger partial charge in [-0.15, -0.1) is 12.4 Å². The molecule has 0 N–H and O–H groups in total. The van der Waals surface area contributed by atoms with E-state index in [4.69, 9.17) is 4.74 Å². The molecule has 1 aliphatic rings. The van der Waals surface area contributed by atoms with Crippen LogP contribution in [-0.4, -0.2) is 7.11 Å². The number of hydrogen-bond donors (Lipinski definition) is 0. The van der Waals surface area contributed by atoms with E-state index < -0.39 is 0 Å². The van der Waals surface area contributed by atoms with Crippen LogP contribution >= 0.6 is 12.4 Å². The van der Waals surface area contributed by atoms with Gasteiger partial charge in [-0.05, 0) is 42.0 Å². The van der Waals surface area contributed by atoms with Gasteiger partial charge in [-0.3, -0.25) is 0 Å².